The second-order valence-corrected chi connectivity index (χ2v) is 8.42. The van der Waals surface area contributed by atoms with Crippen molar-refractivity contribution in [1.29, 1.82) is 0 Å². The van der Waals surface area contributed by atoms with E-state index in [9.17, 15) is 0 Å². The lowest BCUT2D eigenvalue weighted by Gasteiger charge is -2.20. The fraction of sp³-hybridized carbons (Fsp3) is 0.400. The van der Waals surface area contributed by atoms with E-state index in [2.05, 4.69) is 55.5 Å². The lowest BCUT2D eigenvalue weighted by Crippen LogP contribution is -2.44. The van der Waals surface area contributed by atoms with Crippen LogP contribution in [0.15, 0.2) is 30.3 Å². The summed E-state index contributed by atoms with van der Waals surface area (Å²) in [5.41, 5.74) is 1.45. The molecule has 0 aliphatic carbocycles. The van der Waals surface area contributed by atoms with Gasteiger partial charge in [-0.25, -0.2) is 0 Å². The van der Waals surface area contributed by atoms with Gasteiger partial charge in [0.05, 0.1) is 0 Å². The van der Waals surface area contributed by atoms with Crippen LogP contribution >= 0.6 is 12.4 Å². The molecule has 1 aromatic rings. The summed E-state index contributed by atoms with van der Waals surface area (Å²) >= 11 is 0. The van der Waals surface area contributed by atoms with Gasteiger partial charge in [-0.05, 0) is 18.7 Å². The zero-order chi connectivity index (χ0) is 9.03. The molecule has 0 saturated heterocycles. The molecule has 0 radical (unpaired) electrons. The summed E-state index contributed by atoms with van der Waals surface area (Å²) < 4.78 is 0. The summed E-state index contributed by atoms with van der Waals surface area (Å²) in [6, 6.07) is 11.9. The predicted molar refractivity (Wildman–Crippen MR) is 63.9 cm³/mol. The SMILES string of the molecule is CN[Si](C)(C)Cc1ccccc1.Cl. The van der Waals surface area contributed by atoms with E-state index < -0.39 is 8.24 Å². The van der Waals surface area contributed by atoms with E-state index in [0.29, 0.717) is 0 Å². The molecule has 1 N–H and O–H groups in total. The Balaban J connectivity index is 0.00000144. The molecule has 0 spiro atoms. The second-order valence-electron chi connectivity index (χ2n) is 3.80. The maximum Gasteiger partial charge on any atom is 0.123 e. The smallest absolute Gasteiger partial charge is 0.123 e. The highest BCUT2D eigenvalue weighted by Crippen LogP contribution is 2.07. The third-order valence-electron chi connectivity index (χ3n) is 2.17. The number of halogens is 1. The molecule has 0 aromatic heterocycles. The minimum atomic E-state index is -1.17. The zero-order valence-corrected chi connectivity index (χ0v) is 10.3. The Morgan fingerprint density at radius 3 is 2.15 bits per heavy atom. The molecule has 3 heteroatoms. The van der Waals surface area contributed by atoms with Gasteiger partial charge in [-0.2, -0.15) is 0 Å². The molecule has 0 heterocycles. The summed E-state index contributed by atoms with van der Waals surface area (Å²) in [4.78, 5) is 3.43. The first-order chi connectivity index (χ1) is 5.64. The first-order valence-corrected chi connectivity index (χ1v) is 7.57. The van der Waals surface area contributed by atoms with Crippen LogP contribution in [-0.2, 0) is 6.04 Å². The van der Waals surface area contributed by atoms with Gasteiger partial charge in [0, 0.05) is 0 Å². The minimum Gasteiger partial charge on any atom is -0.340 e. The van der Waals surface area contributed by atoms with Crippen molar-refractivity contribution in [3.05, 3.63) is 35.9 Å². The van der Waals surface area contributed by atoms with E-state index in [-0.39, 0.29) is 12.4 Å². The average Bonchev–Trinajstić information content (AvgIpc) is 2.06. The van der Waals surface area contributed by atoms with E-state index >= 15 is 0 Å². The number of hydrogen-bond acceptors (Lipinski definition) is 1. The third kappa shape index (κ3) is 4.46. The van der Waals surface area contributed by atoms with E-state index in [0.717, 1.165) is 0 Å². The fourth-order valence-electron chi connectivity index (χ4n) is 1.19. The van der Waals surface area contributed by atoms with Gasteiger partial charge in [-0.15, -0.1) is 12.4 Å². The molecule has 0 amide bonds. The van der Waals surface area contributed by atoms with Gasteiger partial charge in [-0.1, -0.05) is 43.4 Å². The Bertz CT molecular complexity index is 236. The summed E-state index contributed by atoms with van der Waals surface area (Å²) in [5.74, 6) is 0. The summed E-state index contributed by atoms with van der Waals surface area (Å²) in [5, 5.41) is 0. The Hall–Kier alpha value is -0.313. The molecule has 0 aliphatic heterocycles. The molecule has 0 fully saturated rings. The first-order valence-electron chi connectivity index (χ1n) is 4.37. The highest BCUT2D eigenvalue weighted by Gasteiger charge is 2.17. The normalized spacial score (nSPS) is 10.7. The second kappa shape index (κ2) is 5.42. The van der Waals surface area contributed by atoms with Crippen LogP contribution in [0, 0.1) is 0 Å². The molecule has 0 aliphatic rings. The Morgan fingerprint density at radius 2 is 1.69 bits per heavy atom. The van der Waals surface area contributed by atoms with Gasteiger partial charge in [-0.3, -0.25) is 0 Å². The topological polar surface area (TPSA) is 12.0 Å². The van der Waals surface area contributed by atoms with Gasteiger partial charge in [0.2, 0.25) is 0 Å². The van der Waals surface area contributed by atoms with Crippen LogP contribution in [0.1, 0.15) is 5.56 Å². The van der Waals surface area contributed by atoms with E-state index in [1.165, 1.54) is 11.6 Å². The fourth-order valence-corrected chi connectivity index (χ4v) is 2.63. The number of nitrogens with one attached hydrogen (secondary N) is 1. The van der Waals surface area contributed by atoms with Crippen molar-refractivity contribution >= 4 is 20.6 Å². The van der Waals surface area contributed by atoms with Gasteiger partial charge in [0.15, 0.2) is 0 Å². The van der Waals surface area contributed by atoms with Gasteiger partial charge >= 0.3 is 0 Å². The highest BCUT2D eigenvalue weighted by molar-refractivity contribution is 6.74. The van der Waals surface area contributed by atoms with Crippen molar-refractivity contribution in [1.82, 2.24) is 4.98 Å². The van der Waals surface area contributed by atoms with E-state index in [4.69, 9.17) is 0 Å². The molecule has 1 nitrogen and oxygen atoms in total. The van der Waals surface area contributed by atoms with Crippen LogP contribution in [0.25, 0.3) is 0 Å². The number of hydrogen-bond donors (Lipinski definition) is 1. The standard InChI is InChI=1S/C10H17NSi.ClH/c1-11-12(2,3)9-10-7-5-4-6-8-10;/h4-8,11H,9H2,1-3H3;1H. The van der Waals surface area contributed by atoms with Crippen molar-refractivity contribution in [3.63, 3.8) is 0 Å². The van der Waals surface area contributed by atoms with Crippen molar-refractivity contribution < 1.29 is 0 Å². The molecule has 1 rings (SSSR count). The summed E-state index contributed by atoms with van der Waals surface area (Å²) in [7, 11) is 0.897. The first kappa shape index (κ1) is 12.7. The zero-order valence-electron chi connectivity index (χ0n) is 8.50. The average molecular weight is 216 g/mol. The van der Waals surface area contributed by atoms with E-state index in [1.807, 2.05) is 0 Å². The molecular weight excluding hydrogens is 198 g/mol. The van der Waals surface area contributed by atoms with Gasteiger partial charge < -0.3 is 4.98 Å². The van der Waals surface area contributed by atoms with Crippen LogP contribution in [0.3, 0.4) is 0 Å². The third-order valence-corrected chi connectivity index (χ3v) is 4.81. The quantitative estimate of drug-likeness (QED) is 0.765. The Kier molecular flexibility index (Phi) is 5.29. The molecule has 0 atom stereocenters. The van der Waals surface area contributed by atoms with Crippen molar-refractivity contribution in [2.45, 2.75) is 19.1 Å². The van der Waals surface area contributed by atoms with Crippen LogP contribution in [0.2, 0.25) is 13.1 Å². The van der Waals surface area contributed by atoms with Crippen LogP contribution in [0.5, 0.6) is 0 Å². The molecule has 1 aromatic carbocycles. The number of rotatable bonds is 3. The van der Waals surface area contributed by atoms with Crippen molar-refractivity contribution in [2.75, 3.05) is 7.05 Å². The Labute approximate surface area is 88.1 Å². The molecular formula is C10H18ClNSi. The molecule has 74 valence electrons. The largest absolute Gasteiger partial charge is 0.340 e. The lowest BCUT2D eigenvalue weighted by atomic mass is 10.2. The summed E-state index contributed by atoms with van der Waals surface area (Å²) in [6.45, 7) is 4.69. The van der Waals surface area contributed by atoms with Gasteiger partial charge in [0.25, 0.3) is 0 Å². The Morgan fingerprint density at radius 1 is 1.15 bits per heavy atom. The van der Waals surface area contributed by atoms with Crippen molar-refractivity contribution in [3.8, 4) is 0 Å². The molecule has 0 unspecified atom stereocenters. The van der Waals surface area contributed by atoms with Crippen LogP contribution in [-0.4, -0.2) is 15.3 Å². The van der Waals surface area contributed by atoms with Crippen LogP contribution in [0.4, 0.5) is 0 Å². The monoisotopic (exact) mass is 215 g/mol. The number of benzene rings is 1. The van der Waals surface area contributed by atoms with Gasteiger partial charge in [0.1, 0.15) is 8.24 Å². The van der Waals surface area contributed by atoms with E-state index in [1.54, 1.807) is 0 Å². The maximum absolute atomic E-state index is 3.43. The highest BCUT2D eigenvalue weighted by atomic mass is 35.5. The minimum absolute atomic E-state index is 0. The summed E-state index contributed by atoms with van der Waals surface area (Å²) in [6.07, 6.45) is 0. The molecule has 0 bridgehead atoms. The molecule has 0 saturated carbocycles. The maximum atomic E-state index is 3.43. The molecule has 13 heavy (non-hydrogen) atoms. The van der Waals surface area contributed by atoms with Crippen LogP contribution < -0.4 is 4.98 Å². The predicted octanol–water partition coefficient (Wildman–Crippen LogP) is 2.61. The van der Waals surface area contributed by atoms with Crippen molar-refractivity contribution in [2.24, 2.45) is 0 Å². The lowest BCUT2D eigenvalue weighted by molar-refractivity contribution is 1.10.